The van der Waals surface area contributed by atoms with Crippen LogP contribution in [0.3, 0.4) is 0 Å². The van der Waals surface area contributed by atoms with Crippen LogP contribution in [0.2, 0.25) is 0 Å². The summed E-state index contributed by atoms with van der Waals surface area (Å²) in [6.07, 6.45) is 2.97. The zero-order valence-corrected chi connectivity index (χ0v) is 11.0. The van der Waals surface area contributed by atoms with Crippen molar-refractivity contribution < 1.29 is 9.47 Å². The van der Waals surface area contributed by atoms with E-state index >= 15 is 0 Å². The quantitative estimate of drug-likeness (QED) is 0.650. The van der Waals surface area contributed by atoms with Gasteiger partial charge >= 0.3 is 0 Å². The summed E-state index contributed by atoms with van der Waals surface area (Å²) < 4.78 is 6.12. The van der Waals surface area contributed by atoms with Gasteiger partial charge in [-0.15, -0.1) is 0 Å². The van der Waals surface area contributed by atoms with Crippen LogP contribution in [0.1, 0.15) is 18.3 Å². The van der Waals surface area contributed by atoms with Crippen molar-refractivity contribution in [1.29, 1.82) is 0 Å². The van der Waals surface area contributed by atoms with Crippen LogP contribution in [0.25, 0.3) is 0 Å². The number of nitrogens with zero attached hydrogens (tertiary/aromatic N) is 3. The third kappa shape index (κ3) is 3.80. The van der Waals surface area contributed by atoms with Gasteiger partial charge in [0.25, 0.3) is 0 Å². The van der Waals surface area contributed by atoms with Crippen molar-refractivity contribution in [2.75, 3.05) is 11.9 Å². The molecule has 0 fully saturated rings. The fraction of sp³-hybridized carbons (Fsp3) is 0.308. The lowest BCUT2D eigenvalue weighted by Crippen LogP contribution is -2.25. The fourth-order valence-corrected chi connectivity index (χ4v) is 1.65. The zero-order chi connectivity index (χ0) is 13.7. The van der Waals surface area contributed by atoms with Gasteiger partial charge in [0, 0.05) is 24.2 Å². The monoisotopic (exact) mass is 260 g/mol. The number of pyridine rings is 1. The minimum Gasteiger partial charge on any atom is -0.619 e. The van der Waals surface area contributed by atoms with Gasteiger partial charge in [0.1, 0.15) is 11.6 Å². The molecule has 6 nitrogen and oxygen atoms in total. The van der Waals surface area contributed by atoms with Crippen LogP contribution >= 0.6 is 0 Å². The number of aromatic nitrogens is 3. The van der Waals surface area contributed by atoms with Gasteiger partial charge in [-0.05, 0) is 19.9 Å². The van der Waals surface area contributed by atoms with E-state index in [2.05, 4.69) is 15.3 Å². The van der Waals surface area contributed by atoms with Crippen LogP contribution < -0.4 is 14.8 Å². The Labute approximate surface area is 111 Å². The third-order valence-corrected chi connectivity index (χ3v) is 2.42. The maximum Gasteiger partial charge on any atom is 0.218 e. The number of ether oxygens (including phenoxy) is 1. The van der Waals surface area contributed by atoms with Crippen molar-refractivity contribution in [1.82, 2.24) is 9.97 Å². The highest BCUT2D eigenvalue weighted by Gasteiger charge is 2.03. The first-order valence-electron chi connectivity index (χ1n) is 6.07. The van der Waals surface area contributed by atoms with Gasteiger partial charge in [0.2, 0.25) is 5.88 Å². The number of nitrogens with one attached hydrogen (secondary N) is 1. The number of hydrogen-bond donors (Lipinski definition) is 1. The molecular weight excluding hydrogens is 244 g/mol. The Bertz CT molecular complexity index is 560. The second kappa shape index (κ2) is 5.99. The highest BCUT2D eigenvalue weighted by atomic mass is 16.5. The van der Waals surface area contributed by atoms with E-state index in [1.807, 2.05) is 19.9 Å². The topological polar surface area (TPSA) is 74.0 Å². The van der Waals surface area contributed by atoms with Gasteiger partial charge in [-0.2, -0.15) is 9.71 Å². The molecule has 0 saturated carbocycles. The van der Waals surface area contributed by atoms with Gasteiger partial charge in [-0.25, -0.2) is 4.98 Å². The first-order valence-corrected chi connectivity index (χ1v) is 6.07. The van der Waals surface area contributed by atoms with Crippen molar-refractivity contribution >= 4 is 5.82 Å². The van der Waals surface area contributed by atoms with Crippen LogP contribution in [0.4, 0.5) is 5.82 Å². The van der Waals surface area contributed by atoms with Crippen molar-refractivity contribution in [3.05, 3.63) is 47.2 Å². The molecule has 0 bridgehead atoms. The maximum atomic E-state index is 11.1. The fourth-order valence-electron chi connectivity index (χ4n) is 1.65. The molecule has 2 heterocycles. The Morgan fingerprint density at radius 1 is 1.42 bits per heavy atom. The van der Waals surface area contributed by atoms with Crippen molar-refractivity contribution in [3.63, 3.8) is 0 Å². The molecule has 19 heavy (non-hydrogen) atoms. The average Bonchev–Trinajstić information content (AvgIpc) is 2.36. The smallest absolute Gasteiger partial charge is 0.218 e. The lowest BCUT2D eigenvalue weighted by Gasteiger charge is -2.08. The Balaban J connectivity index is 2.06. The molecule has 0 aliphatic carbocycles. The summed E-state index contributed by atoms with van der Waals surface area (Å²) in [5.74, 6) is 1.86. The molecular formula is C13H16N4O2. The molecule has 0 aliphatic heterocycles. The summed E-state index contributed by atoms with van der Waals surface area (Å²) in [6.45, 7) is 4.79. The van der Waals surface area contributed by atoms with E-state index in [-0.39, 0.29) is 0 Å². The molecule has 0 atom stereocenters. The van der Waals surface area contributed by atoms with E-state index in [9.17, 15) is 5.21 Å². The summed E-state index contributed by atoms with van der Waals surface area (Å²) >= 11 is 0. The van der Waals surface area contributed by atoms with E-state index < -0.39 is 0 Å². The van der Waals surface area contributed by atoms with Gasteiger partial charge < -0.3 is 15.3 Å². The first-order chi connectivity index (χ1) is 9.17. The SMILES string of the molecule is CCOc1cc(NCc2ccc[n+]([O-])c2)nc(C)n1. The van der Waals surface area contributed by atoms with Crippen LogP contribution in [0, 0.1) is 12.1 Å². The molecule has 0 spiro atoms. The lowest BCUT2D eigenvalue weighted by molar-refractivity contribution is -0.605. The van der Waals surface area contributed by atoms with Crippen LogP contribution in [0.5, 0.6) is 5.88 Å². The Morgan fingerprint density at radius 2 is 2.26 bits per heavy atom. The molecule has 6 heteroatoms. The maximum absolute atomic E-state index is 11.1. The van der Waals surface area contributed by atoms with E-state index in [0.29, 0.717) is 30.7 Å². The van der Waals surface area contributed by atoms with Gasteiger partial charge in [0.05, 0.1) is 6.61 Å². The lowest BCUT2D eigenvalue weighted by atomic mass is 10.3. The minimum absolute atomic E-state index is 0.519. The first kappa shape index (κ1) is 13.1. The van der Waals surface area contributed by atoms with Crippen LogP contribution in [-0.2, 0) is 6.54 Å². The normalized spacial score (nSPS) is 10.2. The van der Waals surface area contributed by atoms with E-state index in [0.717, 1.165) is 10.3 Å². The molecule has 0 aliphatic rings. The molecule has 2 rings (SSSR count). The van der Waals surface area contributed by atoms with Crippen LogP contribution in [-0.4, -0.2) is 16.6 Å². The van der Waals surface area contributed by atoms with Gasteiger partial charge in [0.15, 0.2) is 12.4 Å². The summed E-state index contributed by atoms with van der Waals surface area (Å²) in [7, 11) is 0. The van der Waals surface area contributed by atoms with Gasteiger partial charge in [-0.1, -0.05) is 0 Å². The van der Waals surface area contributed by atoms with Crippen molar-refractivity contribution in [2.45, 2.75) is 20.4 Å². The third-order valence-electron chi connectivity index (χ3n) is 2.42. The predicted octanol–water partition coefficient (Wildman–Crippen LogP) is 1.43. The Kier molecular flexibility index (Phi) is 4.12. The largest absolute Gasteiger partial charge is 0.619 e. The molecule has 2 aromatic heterocycles. The number of rotatable bonds is 5. The minimum atomic E-state index is 0.519. The molecule has 2 aromatic rings. The molecule has 100 valence electrons. The summed E-state index contributed by atoms with van der Waals surface area (Å²) in [5.41, 5.74) is 0.881. The highest BCUT2D eigenvalue weighted by molar-refractivity contribution is 5.39. The van der Waals surface area contributed by atoms with E-state index in [1.54, 1.807) is 12.1 Å². The standard InChI is InChI=1S/C13H16N4O2/c1-3-19-13-7-12(15-10(2)16-13)14-8-11-5-4-6-17(18)9-11/h4-7,9H,3,8H2,1-2H3,(H,14,15,16). The van der Waals surface area contributed by atoms with Gasteiger partial charge in [-0.3, -0.25) is 0 Å². The molecule has 0 unspecified atom stereocenters. The number of aryl methyl sites for hydroxylation is 1. The Morgan fingerprint density at radius 3 is 3.00 bits per heavy atom. The number of hydrogen-bond acceptors (Lipinski definition) is 5. The second-order valence-electron chi connectivity index (χ2n) is 4.00. The van der Waals surface area contributed by atoms with E-state index in [1.165, 1.54) is 12.4 Å². The summed E-state index contributed by atoms with van der Waals surface area (Å²) in [4.78, 5) is 8.43. The molecule has 0 aromatic carbocycles. The van der Waals surface area contributed by atoms with Crippen molar-refractivity contribution in [3.8, 4) is 5.88 Å². The Hall–Kier alpha value is -2.37. The molecule has 0 amide bonds. The summed E-state index contributed by atoms with van der Waals surface area (Å²) in [6, 6.07) is 5.32. The van der Waals surface area contributed by atoms with Crippen molar-refractivity contribution in [2.24, 2.45) is 0 Å². The molecule has 0 saturated heterocycles. The number of anilines is 1. The molecule has 1 N–H and O–H groups in total. The second-order valence-corrected chi connectivity index (χ2v) is 4.00. The van der Waals surface area contributed by atoms with Crippen LogP contribution in [0.15, 0.2) is 30.6 Å². The summed E-state index contributed by atoms with van der Waals surface area (Å²) in [5, 5.41) is 14.3. The predicted molar refractivity (Wildman–Crippen MR) is 70.7 cm³/mol. The van der Waals surface area contributed by atoms with E-state index in [4.69, 9.17) is 4.74 Å². The molecule has 0 radical (unpaired) electrons. The average molecular weight is 260 g/mol. The highest BCUT2D eigenvalue weighted by Crippen LogP contribution is 2.14. The zero-order valence-electron chi connectivity index (χ0n) is 11.0.